The minimum Gasteiger partial charge on any atom is -0.342 e. The van der Waals surface area contributed by atoms with E-state index in [0.29, 0.717) is 23.5 Å². The van der Waals surface area contributed by atoms with Crippen LogP contribution in [-0.4, -0.2) is 51.5 Å². The number of likely N-dealkylation sites (tertiary alicyclic amines) is 1. The molecule has 4 rings (SSSR count). The molecule has 1 unspecified atom stereocenters. The highest BCUT2D eigenvalue weighted by Gasteiger charge is 2.59. The summed E-state index contributed by atoms with van der Waals surface area (Å²) in [6, 6.07) is 3.07. The smallest absolute Gasteiger partial charge is 0.255 e. The van der Waals surface area contributed by atoms with Crippen LogP contribution in [-0.2, 0) is 11.8 Å². The zero-order chi connectivity index (χ0) is 21.1. The Morgan fingerprint density at radius 2 is 1.93 bits per heavy atom. The van der Waals surface area contributed by atoms with Gasteiger partial charge in [0.1, 0.15) is 0 Å². The Morgan fingerprint density at radius 3 is 2.52 bits per heavy atom. The van der Waals surface area contributed by atoms with Gasteiger partial charge in [0, 0.05) is 68.3 Å². The van der Waals surface area contributed by atoms with Gasteiger partial charge < -0.3 is 9.80 Å². The van der Waals surface area contributed by atoms with Gasteiger partial charge in [0.15, 0.2) is 5.82 Å². The number of halogens is 1. The second kappa shape index (κ2) is 6.64. The number of pyridine rings is 1. The number of hydrogen-bond donors (Lipinski definition) is 0. The third-order valence-corrected chi connectivity index (χ3v) is 6.00. The van der Waals surface area contributed by atoms with Crippen molar-refractivity contribution >= 4 is 11.9 Å². The molecule has 1 amide bonds. The summed E-state index contributed by atoms with van der Waals surface area (Å²) in [4.78, 5) is 37.3. The first kappa shape index (κ1) is 19.5. The summed E-state index contributed by atoms with van der Waals surface area (Å²) < 4.78 is 15.6. The van der Waals surface area contributed by atoms with Crippen LogP contribution < -0.4 is 10.5 Å². The Morgan fingerprint density at radius 1 is 1.28 bits per heavy atom. The number of anilines is 1. The zero-order valence-corrected chi connectivity index (χ0v) is 17.4. The van der Waals surface area contributed by atoms with E-state index in [1.54, 1.807) is 7.05 Å². The van der Waals surface area contributed by atoms with Gasteiger partial charge in [0.05, 0.1) is 11.9 Å². The molecule has 3 heterocycles. The number of aromatic nitrogens is 3. The van der Waals surface area contributed by atoms with E-state index < -0.39 is 5.82 Å². The summed E-state index contributed by atoms with van der Waals surface area (Å²) in [5.74, 6) is 0.888. The maximum atomic E-state index is 14.2. The number of fused-ring (bicyclic) bond motifs is 1. The van der Waals surface area contributed by atoms with E-state index >= 15 is 0 Å². The van der Waals surface area contributed by atoms with Crippen LogP contribution in [0.3, 0.4) is 0 Å². The van der Waals surface area contributed by atoms with Gasteiger partial charge in [-0.1, -0.05) is 20.8 Å². The highest BCUT2D eigenvalue weighted by molar-refractivity contribution is 5.82. The molecule has 7 nitrogen and oxygen atoms in total. The predicted molar refractivity (Wildman–Crippen MR) is 108 cm³/mol. The van der Waals surface area contributed by atoms with Gasteiger partial charge in [-0.05, 0) is 6.07 Å². The quantitative estimate of drug-likeness (QED) is 0.789. The van der Waals surface area contributed by atoms with E-state index in [9.17, 15) is 14.0 Å². The molecule has 3 atom stereocenters. The molecule has 1 saturated carbocycles. The zero-order valence-electron chi connectivity index (χ0n) is 17.4. The molecule has 0 aromatic carbocycles. The molecule has 2 aromatic heterocycles. The molecular formula is C21H26FN5O2. The molecule has 8 heteroatoms. The molecular weight excluding hydrogens is 373 g/mol. The Balaban J connectivity index is 1.57. The number of carbonyl (C=O) groups excluding carboxylic acids is 1. The fourth-order valence-electron chi connectivity index (χ4n) is 4.41. The third kappa shape index (κ3) is 3.30. The van der Waals surface area contributed by atoms with Crippen LogP contribution >= 0.6 is 0 Å². The van der Waals surface area contributed by atoms with Gasteiger partial charge in [-0.2, -0.15) is 0 Å². The SMILES string of the molecule is CN(c1nc(-c2ccncc2F)cc(=O)n1C)C1[C@H]2CN(C(=O)C(C)(C)C)C[C@@H]12. The molecule has 1 saturated heterocycles. The van der Waals surface area contributed by atoms with Crippen LogP contribution in [0.15, 0.2) is 29.3 Å². The van der Waals surface area contributed by atoms with Crippen molar-refractivity contribution in [3.63, 3.8) is 0 Å². The normalized spacial score (nSPS) is 23.1. The maximum Gasteiger partial charge on any atom is 0.255 e. The summed E-state index contributed by atoms with van der Waals surface area (Å²) in [6.45, 7) is 7.26. The van der Waals surface area contributed by atoms with Gasteiger partial charge in [-0.25, -0.2) is 9.37 Å². The van der Waals surface area contributed by atoms with Crippen LogP contribution in [0.5, 0.6) is 0 Å². The topological polar surface area (TPSA) is 71.3 Å². The monoisotopic (exact) mass is 399 g/mol. The molecule has 0 radical (unpaired) electrons. The molecule has 0 spiro atoms. The predicted octanol–water partition coefficient (Wildman–Crippen LogP) is 1.92. The van der Waals surface area contributed by atoms with Crippen LogP contribution in [0.25, 0.3) is 11.3 Å². The van der Waals surface area contributed by atoms with E-state index in [4.69, 9.17) is 0 Å². The number of carbonyl (C=O) groups is 1. The molecule has 29 heavy (non-hydrogen) atoms. The summed E-state index contributed by atoms with van der Waals surface area (Å²) >= 11 is 0. The lowest BCUT2D eigenvalue weighted by molar-refractivity contribution is -0.138. The molecule has 2 aromatic rings. The van der Waals surface area contributed by atoms with Crippen molar-refractivity contribution in [2.45, 2.75) is 26.8 Å². The van der Waals surface area contributed by atoms with Crippen molar-refractivity contribution in [2.24, 2.45) is 24.3 Å². The number of amides is 1. The molecule has 2 fully saturated rings. The van der Waals surface area contributed by atoms with Gasteiger partial charge >= 0.3 is 0 Å². The molecule has 1 aliphatic carbocycles. The molecule has 1 aliphatic heterocycles. The van der Waals surface area contributed by atoms with E-state index in [2.05, 4.69) is 9.97 Å². The van der Waals surface area contributed by atoms with E-state index in [-0.39, 0.29) is 28.5 Å². The first-order chi connectivity index (χ1) is 13.6. The highest BCUT2D eigenvalue weighted by atomic mass is 19.1. The first-order valence-corrected chi connectivity index (χ1v) is 9.79. The van der Waals surface area contributed by atoms with E-state index in [1.165, 1.54) is 22.9 Å². The standard InChI is InChI=1S/C21H26FN5O2/c1-21(2,3)19(29)27-10-13-14(11-27)18(13)26(5)20-24-16(8-17(28)25(20)4)12-6-7-23-9-15(12)22/h6-9,13-14,18H,10-11H2,1-5H3/t13-,14+,18?. The largest absolute Gasteiger partial charge is 0.342 e. The van der Waals surface area contributed by atoms with Crippen molar-refractivity contribution in [3.05, 3.63) is 40.7 Å². The molecule has 0 bridgehead atoms. The summed E-state index contributed by atoms with van der Waals surface area (Å²) in [6.07, 6.45) is 2.59. The molecule has 2 aliphatic rings. The minimum absolute atomic E-state index is 0.173. The van der Waals surface area contributed by atoms with Crippen molar-refractivity contribution in [3.8, 4) is 11.3 Å². The fourth-order valence-corrected chi connectivity index (χ4v) is 4.41. The maximum absolute atomic E-state index is 14.2. The summed E-state index contributed by atoms with van der Waals surface area (Å²) in [5, 5.41) is 0. The lowest BCUT2D eigenvalue weighted by Crippen LogP contribution is -2.42. The van der Waals surface area contributed by atoms with Gasteiger partial charge in [-0.3, -0.25) is 19.1 Å². The Labute approximate surface area is 169 Å². The van der Waals surface area contributed by atoms with Gasteiger partial charge in [-0.15, -0.1) is 0 Å². The van der Waals surface area contributed by atoms with Gasteiger partial charge in [0.2, 0.25) is 11.9 Å². The van der Waals surface area contributed by atoms with Crippen LogP contribution in [0, 0.1) is 23.1 Å². The number of hydrogen-bond acceptors (Lipinski definition) is 5. The third-order valence-electron chi connectivity index (χ3n) is 6.00. The number of rotatable bonds is 3. The van der Waals surface area contributed by atoms with Crippen LogP contribution in [0.4, 0.5) is 10.3 Å². The average Bonchev–Trinajstić information content (AvgIpc) is 3.15. The Hall–Kier alpha value is -2.77. The first-order valence-electron chi connectivity index (χ1n) is 9.79. The van der Waals surface area contributed by atoms with Crippen molar-refractivity contribution in [1.82, 2.24) is 19.4 Å². The van der Waals surface area contributed by atoms with Crippen molar-refractivity contribution < 1.29 is 9.18 Å². The Kier molecular flexibility index (Phi) is 4.47. The lowest BCUT2D eigenvalue weighted by atomic mass is 9.95. The number of nitrogens with zero attached hydrogens (tertiary/aromatic N) is 5. The Bertz CT molecular complexity index is 1020. The van der Waals surface area contributed by atoms with Crippen molar-refractivity contribution in [1.29, 1.82) is 0 Å². The van der Waals surface area contributed by atoms with Crippen molar-refractivity contribution in [2.75, 3.05) is 25.0 Å². The molecule has 0 N–H and O–H groups in total. The van der Waals surface area contributed by atoms with E-state index in [0.717, 1.165) is 19.3 Å². The fraction of sp³-hybridized carbons (Fsp3) is 0.524. The number of piperidine rings is 1. The summed E-state index contributed by atoms with van der Waals surface area (Å²) in [5.41, 5.74) is -0.0778. The lowest BCUT2D eigenvalue weighted by Gasteiger charge is -2.30. The second-order valence-corrected chi connectivity index (χ2v) is 9.08. The average molecular weight is 399 g/mol. The molecule has 154 valence electrons. The van der Waals surface area contributed by atoms with Crippen LogP contribution in [0.1, 0.15) is 20.8 Å². The van der Waals surface area contributed by atoms with Gasteiger partial charge in [0.25, 0.3) is 5.56 Å². The highest BCUT2D eigenvalue weighted by Crippen LogP contribution is 2.50. The van der Waals surface area contributed by atoms with Crippen LogP contribution in [0.2, 0.25) is 0 Å². The summed E-state index contributed by atoms with van der Waals surface area (Å²) in [7, 11) is 3.58. The minimum atomic E-state index is -0.513. The second-order valence-electron chi connectivity index (χ2n) is 9.08. The van der Waals surface area contributed by atoms with E-state index in [1.807, 2.05) is 37.6 Å².